The van der Waals surface area contributed by atoms with Crippen molar-refractivity contribution in [1.82, 2.24) is 4.31 Å². The minimum absolute atomic E-state index is 0.143. The lowest BCUT2D eigenvalue weighted by Gasteiger charge is -2.32. The molecule has 124 valence electrons. The van der Waals surface area contributed by atoms with Gasteiger partial charge in [0.2, 0.25) is 0 Å². The van der Waals surface area contributed by atoms with Crippen LogP contribution in [0.2, 0.25) is 0 Å². The van der Waals surface area contributed by atoms with Crippen molar-refractivity contribution >= 4 is 17.6 Å². The van der Waals surface area contributed by atoms with Crippen molar-refractivity contribution < 1.29 is 14.4 Å². The largest absolute Gasteiger partial charge is 0.385 e. The van der Waals surface area contributed by atoms with Gasteiger partial charge in [0.1, 0.15) is 0 Å². The first kappa shape index (κ1) is 18.9. The minimum Gasteiger partial charge on any atom is -0.385 e. The van der Waals surface area contributed by atoms with Crippen molar-refractivity contribution in [3.8, 4) is 0 Å². The van der Waals surface area contributed by atoms with Crippen LogP contribution in [0.5, 0.6) is 0 Å². The fraction of sp³-hybridized carbons (Fsp3) is 0.600. The van der Waals surface area contributed by atoms with E-state index in [1.807, 2.05) is 13.8 Å². The summed E-state index contributed by atoms with van der Waals surface area (Å²) in [5.74, 6) is 0. The third-order valence-electron chi connectivity index (χ3n) is 3.19. The van der Waals surface area contributed by atoms with E-state index in [1.165, 1.54) is 0 Å². The topological polar surface area (TPSA) is 64.8 Å². The van der Waals surface area contributed by atoms with Crippen molar-refractivity contribution in [3.05, 3.63) is 33.9 Å². The third-order valence-corrected chi connectivity index (χ3v) is 4.61. The van der Waals surface area contributed by atoms with Gasteiger partial charge < -0.3 is 9.47 Å². The molecule has 2 rings (SSSR count). The Morgan fingerprint density at radius 2 is 2.23 bits per heavy atom. The summed E-state index contributed by atoms with van der Waals surface area (Å²) in [5.41, 5.74) is 1.20. The molecule has 1 saturated heterocycles. The summed E-state index contributed by atoms with van der Waals surface area (Å²) in [6.45, 7) is 9.11. The number of aryl methyl sites for hydroxylation is 1. The van der Waals surface area contributed by atoms with Crippen LogP contribution in [0.1, 0.15) is 19.4 Å². The Balaban J connectivity index is 0.000000541. The van der Waals surface area contributed by atoms with Crippen LogP contribution in [-0.4, -0.2) is 48.7 Å². The number of rotatable bonds is 4. The predicted octanol–water partition coefficient (Wildman–Crippen LogP) is 3.28. The molecule has 0 N–H and O–H groups in total. The number of methoxy groups -OCH3 is 1. The van der Waals surface area contributed by atoms with Crippen LogP contribution in [0, 0.1) is 17.0 Å². The molecule has 0 aliphatic carbocycles. The van der Waals surface area contributed by atoms with Crippen LogP contribution in [0.4, 0.5) is 5.69 Å². The Hall–Kier alpha value is -1.15. The van der Waals surface area contributed by atoms with E-state index in [0.717, 1.165) is 23.6 Å². The number of nitro benzene ring substituents is 1. The molecule has 1 fully saturated rings. The van der Waals surface area contributed by atoms with Crippen LogP contribution in [-0.2, 0) is 9.47 Å². The lowest BCUT2D eigenvalue weighted by atomic mass is 10.2. The third kappa shape index (κ3) is 5.92. The van der Waals surface area contributed by atoms with Gasteiger partial charge in [0.05, 0.1) is 18.1 Å². The maximum Gasteiger partial charge on any atom is 0.270 e. The number of non-ortho nitro benzene ring substituents is 1. The maximum absolute atomic E-state index is 10.8. The molecule has 0 saturated carbocycles. The van der Waals surface area contributed by atoms with E-state index >= 15 is 0 Å². The summed E-state index contributed by atoms with van der Waals surface area (Å²) in [6, 6.07) is 5.30. The fourth-order valence-corrected chi connectivity index (χ4v) is 2.82. The van der Waals surface area contributed by atoms with E-state index in [1.54, 1.807) is 37.3 Å². The van der Waals surface area contributed by atoms with E-state index < -0.39 is 0 Å². The highest BCUT2D eigenvalue weighted by atomic mass is 32.2. The molecule has 1 aromatic rings. The van der Waals surface area contributed by atoms with Crippen molar-refractivity contribution in [2.75, 3.05) is 33.5 Å². The first-order valence-electron chi connectivity index (χ1n) is 7.25. The number of hydrogen-bond acceptors (Lipinski definition) is 6. The van der Waals surface area contributed by atoms with Gasteiger partial charge in [-0.3, -0.25) is 10.1 Å². The van der Waals surface area contributed by atoms with Crippen molar-refractivity contribution in [3.63, 3.8) is 0 Å². The Labute approximate surface area is 136 Å². The van der Waals surface area contributed by atoms with Crippen LogP contribution < -0.4 is 0 Å². The minimum atomic E-state index is -0.355. The van der Waals surface area contributed by atoms with Gasteiger partial charge in [-0.25, -0.2) is 4.31 Å². The molecule has 0 radical (unpaired) electrons. The molecule has 6 nitrogen and oxygen atoms in total. The molecule has 0 spiro atoms. The maximum atomic E-state index is 10.8. The van der Waals surface area contributed by atoms with Crippen LogP contribution in [0.15, 0.2) is 23.1 Å². The van der Waals surface area contributed by atoms with Crippen LogP contribution >= 0.6 is 11.9 Å². The summed E-state index contributed by atoms with van der Waals surface area (Å²) in [7, 11) is 1.68. The second-order valence-corrected chi connectivity index (χ2v) is 6.03. The summed E-state index contributed by atoms with van der Waals surface area (Å²) in [5, 5.41) is 10.8. The molecule has 1 aliphatic rings. The Bertz CT molecular complexity index is 483. The van der Waals surface area contributed by atoms with Crippen molar-refractivity contribution in [1.29, 1.82) is 0 Å². The number of nitro groups is 1. The molecule has 0 aromatic heterocycles. The van der Waals surface area contributed by atoms with Gasteiger partial charge in [0.15, 0.2) is 0 Å². The number of ether oxygens (including phenoxy) is 2. The van der Waals surface area contributed by atoms with E-state index in [-0.39, 0.29) is 10.6 Å². The summed E-state index contributed by atoms with van der Waals surface area (Å²) < 4.78 is 12.1. The molecule has 22 heavy (non-hydrogen) atoms. The second kappa shape index (κ2) is 9.78. The Morgan fingerprint density at radius 3 is 2.77 bits per heavy atom. The number of benzene rings is 1. The van der Waals surface area contributed by atoms with Gasteiger partial charge >= 0.3 is 0 Å². The second-order valence-electron chi connectivity index (χ2n) is 4.94. The normalized spacial score (nSPS) is 18.5. The van der Waals surface area contributed by atoms with Crippen LogP contribution in [0.25, 0.3) is 0 Å². The summed E-state index contributed by atoms with van der Waals surface area (Å²) in [6.07, 6.45) is 0. The molecule has 7 heteroatoms. The van der Waals surface area contributed by atoms with Crippen molar-refractivity contribution in [2.24, 2.45) is 0 Å². The zero-order chi connectivity index (χ0) is 16.5. The first-order chi connectivity index (χ1) is 10.5. The highest BCUT2D eigenvalue weighted by molar-refractivity contribution is 7.97. The SMILES string of the molecule is CCOC.Cc1ccc([N+](=O)[O-])cc1SN1CCOC[C@H]1C. The van der Waals surface area contributed by atoms with Gasteiger partial charge in [-0.15, -0.1) is 0 Å². The lowest BCUT2D eigenvalue weighted by molar-refractivity contribution is -0.385. The molecular weight excluding hydrogens is 304 g/mol. The lowest BCUT2D eigenvalue weighted by Crippen LogP contribution is -2.38. The quantitative estimate of drug-likeness (QED) is 0.480. The first-order valence-corrected chi connectivity index (χ1v) is 8.03. The number of hydrogen-bond donors (Lipinski definition) is 0. The van der Waals surface area contributed by atoms with Crippen LogP contribution in [0.3, 0.4) is 0 Å². The van der Waals surface area contributed by atoms with Gasteiger partial charge in [-0.05, 0) is 38.3 Å². The molecule has 1 aliphatic heterocycles. The van der Waals surface area contributed by atoms with Gasteiger partial charge in [-0.2, -0.15) is 0 Å². The molecular formula is C15H24N2O4S. The Morgan fingerprint density at radius 1 is 1.55 bits per heavy atom. The van der Waals surface area contributed by atoms with E-state index in [2.05, 4.69) is 16.0 Å². The molecule has 0 unspecified atom stereocenters. The molecule has 1 heterocycles. The van der Waals surface area contributed by atoms with Gasteiger partial charge in [0.25, 0.3) is 5.69 Å². The fourth-order valence-electron chi connectivity index (χ4n) is 1.77. The van der Waals surface area contributed by atoms with Gasteiger partial charge in [-0.1, -0.05) is 6.07 Å². The van der Waals surface area contributed by atoms with E-state index in [0.29, 0.717) is 19.3 Å². The molecule has 1 aromatic carbocycles. The zero-order valence-electron chi connectivity index (χ0n) is 13.6. The number of morpholine rings is 1. The highest BCUT2D eigenvalue weighted by Crippen LogP contribution is 2.31. The molecule has 1 atom stereocenters. The smallest absolute Gasteiger partial charge is 0.270 e. The monoisotopic (exact) mass is 328 g/mol. The predicted molar refractivity (Wildman–Crippen MR) is 88.2 cm³/mol. The molecule has 0 amide bonds. The summed E-state index contributed by atoms with van der Waals surface area (Å²) >= 11 is 1.58. The van der Waals surface area contributed by atoms with Crippen molar-refractivity contribution in [2.45, 2.75) is 31.7 Å². The van der Waals surface area contributed by atoms with E-state index in [9.17, 15) is 10.1 Å². The average molecular weight is 328 g/mol. The summed E-state index contributed by atoms with van der Waals surface area (Å²) in [4.78, 5) is 11.4. The standard InChI is InChI=1S/C12H16N2O3S.C3H8O/c1-9-3-4-11(14(15)16)7-12(9)18-13-5-6-17-8-10(13)2;1-3-4-2/h3-4,7,10H,5-6,8H2,1-2H3;3H2,1-2H3/t10-;/m1./s1. The number of nitrogens with zero attached hydrogens (tertiary/aromatic N) is 2. The van der Waals surface area contributed by atoms with Gasteiger partial charge in [0, 0.05) is 43.3 Å². The Kier molecular flexibility index (Phi) is 8.40. The van der Waals surface area contributed by atoms with E-state index in [4.69, 9.17) is 4.74 Å². The molecule has 0 bridgehead atoms. The highest BCUT2D eigenvalue weighted by Gasteiger charge is 2.21. The zero-order valence-corrected chi connectivity index (χ0v) is 14.4. The average Bonchev–Trinajstić information content (AvgIpc) is 2.51.